The van der Waals surface area contributed by atoms with E-state index in [2.05, 4.69) is 33.7 Å². The molecule has 2 amide bonds. The summed E-state index contributed by atoms with van der Waals surface area (Å²) in [6, 6.07) is 8.16. The Kier molecular flexibility index (Phi) is 8.05. The van der Waals surface area contributed by atoms with Crippen molar-refractivity contribution in [2.75, 3.05) is 19.6 Å². The smallest absolute Gasteiger partial charge is 0.315 e. The van der Waals surface area contributed by atoms with Crippen molar-refractivity contribution >= 4 is 6.03 Å². The van der Waals surface area contributed by atoms with Gasteiger partial charge in [0.2, 0.25) is 0 Å². The number of carbonyl (C=O) groups is 1. The third-order valence-corrected chi connectivity index (χ3v) is 4.50. The van der Waals surface area contributed by atoms with Crippen molar-refractivity contribution in [1.29, 1.82) is 0 Å². The van der Waals surface area contributed by atoms with E-state index in [-0.39, 0.29) is 12.1 Å². The van der Waals surface area contributed by atoms with Crippen molar-refractivity contribution < 1.29 is 9.90 Å². The van der Waals surface area contributed by atoms with E-state index >= 15 is 0 Å². The number of rotatable bonds is 7. The number of aliphatic hydroxyl groups is 1. The molecule has 0 aromatic heterocycles. The van der Waals surface area contributed by atoms with Gasteiger partial charge in [-0.15, -0.1) is 0 Å². The first kappa shape index (κ1) is 18.7. The van der Waals surface area contributed by atoms with Gasteiger partial charge in [-0.25, -0.2) is 4.79 Å². The van der Waals surface area contributed by atoms with Crippen LogP contribution >= 0.6 is 0 Å². The minimum Gasteiger partial charge on any atom is -0.393 e. The molecule has 5 heteroatoms. The van der Waals surface area contributed by atoms with Gasteiger partial charge in [0.1, 0.15) is 0 Å². The second kappa shape index (κ2) is 10.3. The fraction of sp³-hybridized carbons (Fsp3) is 0.632. The molecule has 3 N–H and O–H groups in total. The zero-order valence-corrected chi connectivity index (χ0v) is 14.8. The summed E-state index contributed by atoms with van der Waals surface area (Å²) in [4.78, 5) is 14.4. The van der Waals surface area contributed by atoms with Crippen LogP contribution in [0.5, 0.6) is 0 Å². The van der Waals surface area contributed by atoms with E-state index in [1.807, 2.05) is 6.07 Å². The normalized spacial score (nSPS) is 17.1. The van der Waals surface area contributed by atoms with Crippen LogP contribution in [0.4, 0.5) is 4.79 Å². The molecule has 1 aromatic carbocycles. The highest BCUT2D eigenvalue weighted by Crippen LogP contribution is 2.16. The zero-order valence-electron chi connectivity index (χ0n) is 14.8. The second-order valence-electron chi connectivity index (χ2n) is 6.71. The molecule has 0 radical (unpaired) electrons. The molecule has 0 spiro atoms. The number of nitrogens with zero attached hydrogens (tertiary/aromatic N) is 1. The van der Waals surface area contributed by atoms with Crippen LogP contribution in [0.2, 0.25) is 0 Å². The van der Waals surface area contributed by atoms with Crippen LogP contribution < -0.4 is 10.6 Å². The van der Waals surface area contributed by atoms with Crippen molar-refractivity contribution in [2.24, 2.45) is 0 Å². The summed E-state index contributed by atoms with van der Waals surface area (Å²) in [6.07, 6.45) is 5.43. The fourth-order valence-corrected chi connectivity index (χ4v) is 3.05. The standard InChI is InChI=1S/C19H31N3O2/c1-16(23)10-11-20-19(24)21-14-17-8-4-5-9-18(17)15-22-12-6-2-3-7-13-22/h4-5,8-9,16,23H,2-3,6-7,10-15H2,1H3,(H2,20,21,24). The molecule has 1 aromatic rings. The summed E-state index contributed by atoms with van der Waals surface area (Å²) in [6.45, 7) is 6.03. The number of hydrogen-bond acceptors (Lipinski definition) is 3. The van der Waals surface area contributed by atoms with Crippen LogP contribution in [-0.2, 0) is 13.1 Å². The van der Waals surface area contributed by atoms with Crippen LogP contribution in [0.1, 0.15) is 50.2 Å². The maximum atomic E-state index is 11.8. The lowest BCUT2D eigenvalue weighted by atomic mass is 10.1. The number of urea groups is 1. The van der Waals surface area contributed by atoms with Crippen LogP contribution in [0.3, 0.4) is 0 Å². The molecule has 0 aliphatic carbocycles. The Bertz CT molecular complexity index is 497. The Hall–Kier alpha value is -1.59. The van der Waals surface area contributed by atoms with Crippen LogP contribution in [0.25, 0.3) is 0 Å². The molecule has 1 aliphatic heterocycles. The van der Waals surface area contributed by atoms with Crippen LogP contribution in [0, 0.1) is 0 Å². The molecule has 1 unspecified atom stereocenters. The Morgan fingerprint density at radius 1 is 1.12 bits per heavy atom. The molecule has 1 atom stereocenters. The van der Waals surface area contributed by atoms with Crippen LogP contribution in [0.15, 0.2) is 24.3 Å². The van der Waals surface area contributed by atoms with E-state index in [4.69, 9.17) is 0 Å². The lowest BCUT2D eigenvalue weighted by Crippen LogP contribution is -2.36. The van der Waals surface area contributed by atoms with Gasteiger partial charge >= 0.3 is 6.03 Å². The van der Waals surface area contributed by atoms with Crippen LogP contribution in [-0.4, -0.2) is 41.8 Å². The molecular formula is C19H31N3O2. The van der Waals surface area contributed by atoms with E-state index in [1.165, 1.54) is 49.9 Å². The molecular weight excluding hydrogens is 302 g/mol. The number of benzene rings is 1. The van der Waals surface area contributed by atoms with Crippen molar-refractivity contribution in [3.8, 4) is 0 Å². The van der Waals surface area contributed by atoms with E-state index < -0.39 is 0 Å². The SMILES string of the molecule is CC(O)CCNC(=O)NCc1ccccc1CN1CCCCCC1. The highest BCUT2D eigenvalue weighted by Gasteiger charge is 2.12. The summed E-state index contributed by atoms with van der Waals surface area (Å²) in [7, 11) is 0. The topological polar surface area (TPSA) is 64.6 Å². The molecule has 5 nitrogen and oxygen atoms in total. The van der Waals surface area contributed by atoms with Gasteiger partial charge in [-0.1, -0.05) is 37.1 Å². The number of likely N-dealkylation sites (tertiary alicyclic amines) is 1. The highest BCUT2D eigenvalue weighted by atomic mass is 16.3. The van der Waals surface area contributed by atoms with E-state index in [0.717, 1.165) is 6.54 Å². The lowest BCUT2D eigenvalue weighted by molar-refractivity contribution is 0.183. The predicted molar refractivity (Wildman–Crippen MR) is 96.7 cm³/mol. The molecule has 134 valence electrons. The van der Waals surface area contributed by atoms with Gasteiger partial charge in [-0.3, -0.25) is 4.90 Å². The average molecular weight is 333 g/mol. The molecule has 2 rings (SSSR count). The largest absolute Gasteiger partial charge is 0.393 e. The third-order valence-electron chi connectivity index (χ3n) is 4.50. The van der Waals surface area contributed by atoms with Gasteiger partial charge in [0.25, 0.3) is 0 Å². The maximum Gasteiger partial charge on any atom is 0.315 e. The first-order chi connectivity index (χ1) is 11.6. The zero-order chi connectivity index (χ0) is 17.2. The van der Waals surface area contributed by atoms with Crippen molar-refractivity contribution in [3.05, 3.63) is 35.4 Å². The molecule has 1 saturated heterocycles. The monoisotopic (exact) mass is 333 g/mol. The number of amides is 2. The summed E-state index contributed by atoms with van der Waals surface area (Å²) < 4.78 is 0. The average Bonchev–Trinajstić information content (AvgIpc) is 2.82. The highest BCUT2D eigenvalue weighted by molar-refractivity contribution is 5.73. The van der Waals surface area contributed by atoms with E-state index in [0.29, 0.717) is 19.5 Å². The number of nitrogens with one attached hydrogen (secondary N) is 2. The summed E-state index contributed by atoms with van der Waals surface area (Å²) in [5.74, 6) is 0. The Morgan fingerprint density at radius 2 is 1.79 bits per heavy atom. The van der Waals surface area contributed by atoms with Crippen molar-refractivity contribution in [1.82, 2.24) is 15.5 Å². The summed E-state index contributed by atoms with van der Waals surface area (Å²) in [5.41, 5.74) is 2.47. The van der Waals surface area contributed by atoms with Gasteiger partial charge in [0.05, 0.1) is 6.10 Å². The first-order valence-corrected chi connectivity index (χ1v) is 9.14. The Morgan fingerprint density at radius 3 is 2.46 bits per heavy atom. The summed E-state index contributed by atoms with van der Waals surface area (Å²) in [5, 5.41) is 14.9. The molecule has 1 heterocycles. The number of carbonyl (C=O) groups excluding carboxylic acids is 1. The van der Waals surface area contributed by atoms with E-state index in [1.54, 1.807) is 6.92 Å². The predicted octanol–water partition coefficient (Wildman–Crippen LogP) is 2.63. The van der Waals surface area contributed by atoms with Gasteiger partial charge in [-0.05, 0) is 50.4 Å². The minimum atomic E-state index is -0.389. The first-order valence-electron chi connectivity index (χ1n) is 9.14. The molecule has 24 heavy (non-hydrogen) atoms. The van der Waals surface area contributed by atoms with Crippen molar-refractivity contribution in [2.45, 2.75) is 58.2 Å². The quantitative estimate of drug-likeness (QED) is 0.719. The Balaban J connectivity index is 1.83. The minimum absolute atomic E-state index is 0.180. The molecule has 0 bridgehead atoms. The molecule has 1 fully saturated rings. The van der Waals surface area contributed by atoms with E-state index in [9.17, 15) is 9.90 Å². The van der Waals surface area contributed by atoms with Crippen molar-refractivity contribution in [3.63, 3.8) is 0 Å². The van der Waals surface area contributed by atoms with Gasteiger partial charge in [0.15, 0.2) is 0 Å². The van der Waals surface area contributed by atoms with Gasteiger partial charge in [-0.2, -0.15) is 0 Å². The molecule has 0 saturated carbocycles. The lowest BCUT2D eigenvalue weighted by Gasteiger charge is -2.21. The number of hydrogen-bond donors (Lipinski definition) is 3. The second-order valence-corrected chi connectivity index (χ2v) is 6.71. The van der Waals surface area contributed by atoms with Gasteiger partial charge in [0, 0.05) is 19.6 Å². The number of aliphatic hydroxyl groups excluding tert-OH is 1. The summed E-state index contributed by atoms with van der Waals surface area (Å²) >= 11 is 0. The fourth-order valence-electron chi connectivity index (χ4n) is 3.05. The molecule has 1 aliphatic rings. The maximum absolute atomic E-state index is 11.8. The Labute approximate surface area is 145 Å². The third kappa shape index (κ3) is 6.89. The van der Waals surface area contributed by atoms with Gasteiger partial charge < -0.3 is 15.7 Å².